The molecule has 0 aromatic heterocycles. The van der Waals surface area contributed by atoms with Crippen LogP contribution in [0.3, 0.4) is 0 Å². The van der Waals surface area contributed by atoms with Crippen LogP contribution in [-0.4, -0.2) is 11.1 Å². The second-order valence-electron chi connectivity index (χ2n) is 3.92. The summed E-state index contributed by atoms with van der Waals surface area (Å²) in [6.07, 6.45) is 1.52. The van der Waals surface area contributed by atoms with Crippen molar-refractivity contribution >= 4 is 33.5 Å². The molecule has 0 heterocycles. The third kappa shape index (κ3) is 3.51. The number of carboxylic acids is 1. The fraction of sp³-hybridized carbons (Fsp3) is 0. The first-order valence-electron chi connectivity index (χ1n) is 5.53. The number of halogens is 2. The molecule has 0 bridgehead atoms. The van der Waals surface area contributed by atoms with E-state index in [4.69, 9.17) is 0 Å². The summed E-state index contributed by atoms with van der Waals surface area (Å²) in [5.41, 5.74) is 1.40. The highest BCUT2D eigenvalue weighted by Crippen LogP contribution is 2.21. The van der Waals surface area contributed by atoms with Crippen LogP contribution in [0.1, 0.15) is 11.1 Å². The Labute approximate surface area is 118 Å². The first-order valence-corrected chi connectivity index (χ1v) is 6.32. The van der Waals surface area contributed by atoms with E-state index in [1.165, 1.54) is 30.3 Å². The number of rotatable bonds is 3. The largest absolute Gasteiger partial charge is 0.478 e. The van der Waals surface area contributed by atoms with E-state index in [0.29, 0.717) is 11.1 Å². The zero-order chi connectivity index (χ0) is 13.8. The van der Waals surface area contributed by atoms with E-state index in [-0.39, 0.29) is 11.4 Å². The molecule has 0 spiro atoms. The van der Waals surface area contributed by atoms with Gasteiger partial charge in [0.2, 0.25) is 0 Å². The molecule has 0 aliphatic heterocycles. The zero-order valence-electron chi connectivity index (χ0n) is 9.81. The van der Waals surface area contributed by atoms with Crippen molar-refractivity contribution in [3.05, 3.63) is 69.9 Å². The Bertz CT molecular complexity index is 616. The Hall–Kier alpha value is -1.94. The van der Waals surface area contributed by atoms with Crippen molar-refractivity contribution in [3.63, 3.8) is 0 Å². The van der Waals surface area contributed by atoms with Crippen LogP contribution >= 0.6 is 15.9 Å². The predicted octanol–water partition coefficient (Wildman–Crippen LogP) is 4.21. The van der Waals surface area contributed by atoms with Gasteiger partial charge in [-0.15, -0.1) is 0 Å². The van der Waals surface area contributed by atoms with E-state index in [1.807, 2.05) is 0 Å². The maximum absolute atomic E-state index is 12.8. The number of benzene rings is 2. The lowest BCUT2D eigenvalue weighted by molar-refractivity contribution is -0.130. The maximum atomic E-state index is 12.8. The normalized spacial score (nSPS) is 11.4. The molecular weight excluding hydrogens is 311 g/mol. The average molecular weight is 321 g/mol. The molecule has 1 N–H and O–H groups in total. The minimum absolute atomic E-state index is 0.166. The third-order valence-electron chi connectivity index (χ3n) is 2.57. The average Bonchev–Trinajstić information content (AvgIpc) is 2.39. The van der Waals surface area contributed by atoms with Gasteiger partial charge in [0.1, 0.15) is 5.82 Å². The number of carboxylic acid groups (broad SMARTS) is 1. The van der Waals surface area contributed by atoms with Crippen molar-refractivity contribution in [2.24, 2.45) is 0 Å². The first kappa shape index (κ1) is 13.5. The lowest BCUT2D eigenvalue weighted by atomic mass is 10.0. The van der Waals surface area contributed by atoms with Crippen LogP contribution in [0.2, 0.25) is 0 Å². The number of aliphatic carboxylic acids is 1. The Morgan fingerprint density at radius 1 is 1.05 bits per heavy atom. The second kappa shape index (κ2) is 5.80. The molecule has 0 aliphatic carbocycles. The number of carbonyl (C=O) groups is 1. The topological polar surface area (TPSA) is 37.3 Å². The Balaban J connectivity index is 2.43. The summed E-state index contributed by atoms with van der Waals surface area (Å²) in [6.45, 7) is 0. The highest BCUT2D eigenvalue weighted by Gasteiger charge is 2.10. The molecule has 0 amide bonds. The summed E-state index contributed by atoms with van der Waals surface area (Å²) in [6, 6.07) is 12.7. The van der Waals surface area contributed by atoms with Crippen LogP contribution < -0.4 is 0 Å². The Morgan fingerprint density at radius 3 is 2.16 bits per heavy atom. The SMILES string of the molecule is O=C(O)/C(=C\c1ccc(F)cc1)c1ccc(Br)cc1. The zero-order valence-corrected chi connectivity index (χ0v) is 11.4. The van der Waals surface area contributed by atoms with Gasteiger partial charge in [-0.05, 0) is 41.5 Å². The summed E-state index contributed by atoms with van der Waals surface area (Å²) >= 11 is 3.30. The van der Waals surface area contributed by atoms with Gasteiger partial charge in [-0.25, -0.2) is 9.18 Å². The molecule has 96 valence electrons. The molecule has 2 nitrogen and oxygen atoms in total. The summed E-state index contributed by atoms with van der Waals surface area (Å²) < 4.78 is 13.7. The van der Waals surface area contributed by atoms with Gasteiger partial charge in [0.25, 0.3) is 0 Å². The summed E-state index contributed by atoms with van der Waals surface area (Å²) in [5.74, 6) is -1.37. The molecule has 0 saturated carbocycles. The molecular formula is C15H10BrFO2. The van der Waals surface area contributed by atoms with Crippen molar-refractivity contribution in [1.82, 2.24) is 0 Å². The van der Waals surface area contributed by atoms with Gasteiger partial charge in [-0.1, -0.05) is 40.2 Å². The van der Waals surface area contributed by atoms with Crippen LogP contribution in [0, 0.1) is 5.82 Å². The van der Waals surface area contributed by atoms with Crippen molar-refractivity contribution < 1.29 is 14.3 Å². The van der Waals surface area contributed by atoms with E-state index in [1.54, 1.807) is 24.3 Å². The van der Waals surface area contributed by atoms with Crippen molar-refractivity contribution in [2.45, 2.75) is 0 Å². The van der Waals surface area contributed by atoms with E-state index in [0.717, 1.165) is 4.47 Å². The standard InChI is InChI=1S/C15H10BrFO2/c16-12-5-3-11(4-6-12)14(15(18)19)9-10-1-7-13(17)8-2-10/h1-9H,(H,18,19)/b14-9-. The van der Waals surface area contributed by atoms with Gasteiger partial charge < -0.3 is 5.11 Å². The molecule has 2 aromatic rings. The second-order valence-corrected chi connectivity index (χ2v) is 4.84. The smallest absolute Gasteiger partial charge is 0.336 e. The van der Waals surface area contributed by atoms with E-state index in [9.17, 15) is 14.3 Å². The molecule has 0 saturated heterocycles. The minimum atomic E-state index is -1.02. The number of hydrogen-bond acceptors (Lipinski definition) is 1. The van der Waals surface area contributed by atoms with Crippen molar-refractivity contribution in [3.8, 4) is 0 Å². The lowest BCUT2D eigenvalue weighted by Gasteiger charge is -2.03. The van der Waals surface area contributed by atoms with Gasteiger partial charge in [-0.2, -0.15) is 0 Å². The van der Waals surface area contributed by atoms with Crippen molar-refractivity contribution in [2.75, 3.05) is 0 Å². The Kier molecular flexibility index (Phi) is 4.12. The van der Waals surface area contributed by atoms with Crippen LogP contribution in [0.15, 0.2) is 53.0 Å². The molecule has 4 heteroatoms. The van der Waals surface area contributed by atoms with Gasteiger partial charge in [0.05, 0.1) is 5.57 Å². The van der Waals surface area contributed by atoms with E-state index < -0.39 is 5.97 Å². The predicted molar refractivity (Wildman–Crippen MR) is 76.0 cm³/mol. The first-order chi connectivity index (χ1) is 9.06. The minimum Gasteiger partial charge on any atom is -0.478 e. The van der Waals surface area contributed by atoms with Gasteiger partial charge >= 0.3 is 5.97 Å². The number of hydrogen-bond donors (Lipinski definition) is 1. The summed E-state index contributed by atoms with van der Waals surface area (Å²) in [5, 5.41) is 9.26. The van der Waals surface area contributed by atoms with E-state index in [2.05, 4.69) is 15.9 Å². The summed E-state index contributed by atoms with van der Waals surface area (Å²) in [7, 11) is 0. The molecule has 0 radical (unpaired) electrons. The molecule has 0 unspecified atom stereocenters. The maximum Gasteiger partial charge on any atom is 0.336 e. The molecule has 2 aromatic carbocycles. The fourth-order valence-electron chi connectivity index (χ4n) is 1.62. The van der Waals surface area contributed by atoms with Gasteiger partial charge in [0.15, 0.2) is 0 Å². The van der Waals surface area contributed by atoms with E-state index >= 15 is 0 Å². The van der Waals surface area contributed by atoms with Crippen LogP contribution in [0.4, 0.5) is 4.39 Å². The molecule has 0 atom stereocenters. The van der Waals surface area contributed by atoms with Gasteiger partial charge in [0, 0.05) is 4.47 Å². The van der Waals surface area contributed by atoms with Crippen LogP contribution in [0.25, 0.3) is 11.6 Å². The molecule has 19 heavy (non-hydrogen) atoms. The molecule has 0 fully saturated rings. The van der Waals surface area contributed by atoms with Crippen LogP contribution in [-0.2, 0) is 4.79 Å². The highest BCUT2D eigenvalue weighted by atomic mass is 79.9. The highest BCUT2D eigenvalue weighted by molar-refractivity contribution is 9.10. The van der Waals surface area contributed by atoms with Gasteiger partial charge in [-0.3, -0.25) is 0 Å². The molecule has 2 rings (SSSR count). The lowest BCUT2D eigenvalue weighted by Crippen LogP contribution is -1.99. The van der Waals surface area contributed by atoms with Crippen molar-refractivity contribution in [1.29, 1.82) is 0 Å². The molecule has 0 aliphatic rings. The Morgan fingerprint density at radius 2 is 1.63 bits per heavy atom. The monoisotopic (exact) mass is 320 g/mol. The van der Waals surface area contributed by atoms with Crippen LogP contribution in [0.5, 0.6) is 0 Å². The fourth-order valence-corrected chi connectivity index (χ4v) is 1.89. The summed E-state index contributed by atoms with van der Waals surface area (Å²) in [4.78, 5) is 11.3. The quantitative estimate of drug-likeness (QED) is 0.679. The third-order valence-corrected chi connectivity index (χ3v) is 3.10.